The molecular weight excluding hydrogens is 506 g/mol. The fourth-order valence-electron chi connectivity index (χ4n) is 5.29. The van der Waals surface area contributed by atoms with E-state index >= 15 is 0 Å². The highest BCUT2D eigenvalue weighted by Crippen LogP contribution is 2.45. The summed E-state index contributed by atoms with van der Waals surface area (Å²) in [4.78, 5) is 65.9. The number of carboxylic acids is 1. The van der Waals surface area contributed by atoms with E-state index in [1.807, 2.05) is 6.92 Å². The summed E-state index contributed by atoms with van der Waals surface area (Å²) >= 11 is 1.52. The highest BCUT2D eigenvalue weighted by Gasteiger charge is 2.52. The number of hydrogen-bond donors (Lipinski definition) is 1. The first-order valence-electron chi connectivity index (χ1n) is 12.1. The molecule has 0 bridgehead atoms. The molecule has 4 aliphatic heterocycles. The molecule has 0 aliphatic carbocycles. The number of thioether (sulfide) groups is 1. The normalized spacial score (nSPS) is 26.7. The number of carbonyl (C=O) groups excluding carboxylic acids is 3. The van der Waals surface area contributed by atoms with Crippen LogP contribution in [0.5, 0.6) is 0 Å². The van der Waals surface area contributed by atoms with Crippen LogP contribution in [0.4, 0.5) is 4.79 Å². The topological polar surface area (TPSA) is 151 Å². The van der Waals surface area contributed by atoms with Crippen molar-refractivity contribution in [2.24, 2.45) is 5.92 Å². The number of ether oxygens (including phenoxy) is 1. The zero-order valence-electron chi connectivity index (χ0n) is 20.4. The quantitative estimate of drug-likeness (QED) is 0.422. The molecule has 1 N–H and O–H groups in total. The third-order valence-corrected chi connectivity index (χ3v) is 8.64. The van der Waals surface area contributed by atoms with Crippen molar-refractivity contribution in [3.05, 3.63) is 45.1 Å². The maximum atomic E-state index is 13.2. The first kappa shape index (κ1) is 25.2. The molecule has 1 aromatic rings. The number of carboxylic acid groups (broad SMARTS) is 1. The Morgan fingerprint density at radius 3 is 2.68 bits per heavy atom. The Balaban J connectivity index is 1.23. The summed E-state index contributed by atoms with van der Waals surface area (Å²) in [5, 5.41) is 9.66. The van der Waals surface area contributed by atoms with Gasteiger partial charge in [0.25, 0.3) is 0 Å². The average Bonchev–Trinajstić information content (AvgIpc) is 3.56. The number of rotatable bonds is 6. The van der Waals surface area contributed by atoms with Crippen molar-refractivity contribution in [1.29, 1.82) is 0 Å². The van der Waals surface area contributed by atoms with Crippen molar-refractivity contribution in [3.8, 4) is 0 Å². The fourth-order valence-corrected chi connectivity index (χ4v) is 6.76. The van der Waals surface area contributed by atoms with E-state index in [0.29, 0.717) is 55.8 Å². The molecule has 1 aromatic heterocycles. The second-order valence-electron chi connectivity index (χ2n) is 9.40. The van der Waals surface area contributed by atoms with Crippen LogP contribution in [0.2, 0.25) is 0 Å². The van der Waals surface area contributed by atoms with E-state index in [2.05, 4.69) is 0 Å². The van der Waals surface area contributed by atoms with E-state index in [-0.39, 0.29) is 53.0 Å². The number of hydrogen-bond acceptors (Lipinski definition) is 9. The summed E-state index contributed by atoms with van der Waals surface area (Å²) in [6.07, 6.45) is 2.74. The summed E-state index contributed by atoms with van der Waals surface area (Å²) < 4.78 is 14.8. The molecule has 198 valence electrons. The van der Waals surface area contributed by atoms with Crippen LogP contribution in [0.1, 0.15) is 37.7 Å². The summed E-state index contributed by atoms with van der Waals surface area (Å²) in [7, 11) is 0. The van der Waals surface area contributed by atoms with Gasteiger partial charge < -0.3 is 28.5 Å². The average molecular weight is 534 g/mol. The van der Waals surface area contributed by atoms with Crippen LogP contribution < -0.4 is 5.82 Å². The number of aliphatic carboxylic acids is 1. The van der Waals surface area contributed by atoms with E-state index in [0.717, 1.165) is 0 Å². The van der Waals surface area contributed by atoms with Gasteiger partial charge in [-0.15, -0.1) is 11.8 Å². The molecule has 0 aromatic carbocycles. The minimum atomic E-state index is -1.17. The highest BCUT2D eigenvalue weighted by molar-refractivity contribution is 8.00. The van der Waals surface area contributed by atoms with Gasteiger partial charge in [-0.05, 0) is 37.8 Å². The number of nitrogens with zero attached hydrogens (tertiary/aromatic N) is 3. The molecular formula is C24H27N3O9S. The number of carbonyl (C=O) groups is 4. The molecule has 5 rings (SSSR count). The predicted molar refractivity (Wildman–Crippen MR) is 128 cm³/mol. The maximum absolute atomic E-state index is 13.2. The number of likely N-dealkylation sites (tertiary alicyclic amines) is 2. The van der Waals surface area contributed by atoms with Crippen LogP contribution in [-0.4, -0.2) is 80.5 Å². The van der Waals surface area contributed by atoms with Gasteiger partial charge in [0.15, 0.2) is 18.1 Å². The Bertz CT molecular complexity index is 1280. The Kier molecular flexibility index (Phi) is 6.65. The van der Waals surface area contributed by atoms with Gasteiger partial charge in [-0.1, -0.05) is 6.92 Å². The summed E-state index contributed by atoms with van der Waals surface area (Å²) in [6.45, 7) is 4.38. The van der Waals surface area contributed by atoms with Crippen LogP contribution >= 0.6 is 11.8 Å². The van der Waals surface area contributed by atoms with Crippen LogP contribution in [0.15, 0.2) is 36.5 Å². The molecule has 4 aliphatic rings. The fraction of sp³-hybridized carbons (Fsp3) is 0.542. The van der Waals surface area contributed by atoms with E-state index in [1.54, 1.807) is 11.0 Å². The summed E-state index contributed by atoms with van der Waals surface area (Å²) in [6, 6.07) is -0.195. The van der Waals surface area contributed by atoms with Crippen molar-refractivity contribution in [1.82, 2.24) is 14.7 Å². The van der Waals surface area contributed by atoms with Gasteiger partial charge >= 0.3 is 17.9 Å². The standard InChI is InChI=1S/C24H27N3O9S/c1-3-16-20(29)27-18(22(30)31)14(11-37-21(16)27)8-13-4-7-26(19(13)28)15-5-6-25(9-15)23(32)34-10-17-12(2)35-24(33)36-17/h8,15-16,21H,3-7,9-11H2,1-2H3,(H,30,31)/b13-8+/t15-,16?,21-/m1/s1. The number of β-lactam (4-membered cyclic amide) rings is 1. The number of aryl methyl sites for hydroxylation is 1. The summed E-state index contributed by atoms with van der Waals surface area (Å²) in [5.74, 6) is -1.77. The molecule has 5 heterocycles. The number of amides is 3. The van der Waals surface area contributed by atoms with E-state index in [1.165, 1.54) is 28.5 Å². The molecule has 13 heteroatoms. The molecule has 3 atom stereocenters. The predicted octanol–water partition coefficient (Wildman–Crippen LogP) is 1.69. The highest BCUT2D eigenvalue weighted by atomic mass is 32.2. The SMILES string of the molecule is CCC1C(=O)N2C(C(=O)O)=C(/C=C3\CCN([C@@H]4CCN(C(=O)OCc5oc(=O)oc5C)C4)C3=O)CS[C@H]12. The zero-order valence-corrected chi connectivity index (χ0v) is 21.2. The number of fused-ring (bicyclic) bond motifs is 1. The van der Waals surface area contributed by atoms with E-state index < -0.39 is 17.9 Å². The van der Waals surface area contributed by atoms with Gasteiger partial charge in [-0.3, -0.25) is 14.5 Å². The number of allylic oxidation sites excluding steroid dienone is 1. The smallest absolute Gasteiger partial charge is 0.477 e. The molecule has 3 amide bonds. The second kappa shape index (κ2) is 9.77. The molecule has 0 saturated carbocycles. The van der Waals surface area contributed by atoms with Crippen molar-refractivity contribution >= 4 is 35.6 Å². The van der Waals surface area contributed by atoms with Crippen molar-refractivity contribution in [3.63, 3.8) is 0 Å². The molecule has 0 radical (unpaired) electrons. The second-order valence-corrected chi connectivity index (χ2v) is 10.5. The Labute approximate surface area is 215 Å². The van der Waals surface area contributed by atoms with Crippen LogP contribution in [0.3, 0.4) is 0 Å². The lowest BCUT2D eigenvalue weighted by atomic mass is 9.93. The molecule has 0 spiro atoms. The first-order chi connectivity index (χ1) is 17.7. The monoisotopic (exact) mass is 533 g/mol. The maximum Gasteiger partial charge on any atom is 0.519 e. The minimum Gasteiger partial charge on any atom is -0.477 e. The largest absolute Gasteiger partial charge is 0.519 e. The summed E-state index contributed by atoms with van der Waals surface area (Å²) in [5.41, 5.74) is 0.939. The van der Waals surface area contributed by atoms with Gasteiger partial charge in [0.1, 0.15) is 5.70 Å². The lowest BCUT2D eigenvalue weighted by Crippen LogP contribution is -2.61. The van der Waals surface area contributed by atoms with Gasteiger partial charge in [0.2, 0.25) is 11.8 Å². The van der Waals surface area contributed by atoms with E-state index in [4.69, 9.17) is 13.6 Å². The zero-order chi connectivity index (χ0) is 26.4. The Morgan fingerprint density at radius 2 is 2.00 bits per heavy atom. The van der Waals surface area contributed by atoms with Gasteiger partial charge in [-0.25, -0.2) is 14.4 Å². The van der Waals surface area contributed by atoms with Gasteiger partial charge in [-0.2, -0.15) is 0 Å². The van der Waals surface area contributed by atoms with Crippen LogP contribution in [-0.2, 0) is 25.7 Å². The van der Waals surface area contributed by atoms with E-state index in [9.17, 15) is 29.1 Å². The Hall–Kier alpha value is -3.48. The van der Waals surface area contributed by atoms with Crippen molar-refractivity contribution < 1.29 is 37.9 Å². The molecule has 12 nitrogen and oxygen atoms in total. The molecule has 3 saturated heterocycles. The lowest BCUT2D eigenvalue weighted by Gasteiger charge is -2.49. The van der Waals surface area contributed by atoms with Gasteiger partial charge in [0.05, 0.1) is 17.3 Å². The minimum absolute atomic E-state index is 0.0318. The van der Waals surface area contributed by atoms with Crippen molar-refractivity contribution in [2.75, 3.05) is 25.4 Å². The van der Waals surface area contributed by atoms with Crippen LogP contribution in [0.25, 0.3) is 0 Å². The lowest BCUT2D eigenvalue weighted by molar-refractivity contribution is -0.152. The molecule has 3 fully saturated rings. The third-order valence-electron chi connectivity index (χ3n) is 7.28. The van der Waals surface area contributed by atoms with Crippen LogP contribution in [0, 0.1) is 12.8 Å². The third kappa shape index (κ3) is 4.45. The first-order valence-corrected chi connectivity index (χ1v) is 13.2. The molecule has 37 heavy (non-hydrogen) atoms. The van der Waals surface area contributed by atoms with Gasteiger partial charge in [0, 0.05) is 31.0 Å². The van der Waals surface area contributed by atoms with Crippen molar-refractivity contribution in [2.45, 2.75) is 51.1 Å². The molecule has 1 unspecified atom stereocenters. The Morgan fingerprint density at radius 1 is 1.22 bits per heavy atom.